The Kier molecular flexibility index (Phi) is 7.59. The number of carbonyl (C=O) groups is 1. The van der Waals surface area contributed by atoms with Crippen molar-refractivity contribution in [3.05, 3.63) is 11.9 Å². The number of hydrogen-bond acceptors (Lipinski definition) is 4. The molecule has 1 aromatic heterocycles. The zero-order chi connectivity index (χ0) is 21.1. The monoisotopic (exact) mass is 397 g/mol. The van der Waals surface area contributed by atoms with Crippen LogP contribution in [0.15, 0.2) is 6.20 Å². The topological polar surface area (TPSA) is 68.0 Å². The summed E-state index contributed by atoms with van der Waals surface area (Å²) in [5, 5.41) is 17.6. The Morgan fingerprint density at radius 1 is 1.04 bits per heavy atom. The molecule has 1 N–H and O–H groups in total. The van der Waals surface area contributed by atoms with E-state index in [2.05, 4.69) is 72.6 Å². The Balaban J connectivity index is 2.75. The molecule has 0 aromatic carbocycles. The van der Waals surface area contributed by atoms with E-state index in [0.717, 1.165) is 31.5 Å². The van der Waals surface area contributed by atoms with Gasteiger partial charge in [-0.1, -0.05) is 60.6 Å². The second kappa shape index (κ2) is 8.54. The fraction of sp³-hybridized carbons (Fsp3) is 0.857. The van der Waals surface area contributed by atoms with E-state index in [1.54, 1.807) is 0 Å². The van der Waals surface area contributed by atoms with E-state index < -0.39 is 5.97 Å². The Bertz CT molecular complexity index is 633. The first-order valence-electron chi connectivity index (χ1n) is 9.86. The van der Waals surface area contributed by atoms with E-state index in [1.807, 2.05) is 22.6 Å². The number of carboxylic acid groups (broad SMARTS) is 1. The third-order valence-corrected chi connectivity index (χ3v) is 5.95. The zero-order valence-electron chi connectivity index (χ0n) is 18.7. The van der Waals surface area contributed by atoms with Gasteiger partial charge in [0.1, 0.15) is 0 Å². The summed E-state index contributed by atoms with van der Waals surface area (Å²) in [4.78, 5) is 11.2. The molecule has 0 bridgehead atoms. The minimum absolute atomic E-state index is 0.00384. The summed E-state index contributed by atoms with van der Waals surface area (Å²) in [6.07, 6.45) is 5.07. The van der Waals surface area contributed by atoms with Crippen LogP contribution in [0.4, 0.5) is 0 Å². The van der Waals surface area contributed by atoms with Gasteiger partial charge in [0.15, 0.2) is 0 Å². The van der Waals surface area contributed by atoms with E-state index in [1.165, 1.54) is 0 Å². The molecule has 0 unspecified atom stereocenters. The van der Waals surface area contributed by atoms with E-state index in [9.17, 15) is 9.90 Å². The van der Waals surface area contributed by atoms with Crippen molar-refractivity contribution < 1.29 is 9.90 Å². The number of thioether (sulfide) groups is 1. The molecule has 0 radical (unpaired) electrons. The lowest BCUT2D eigenvalue weighted by atomic mass is 9.80. The molecule has 0 aliphatic rings. The molecule has 27 heavy (non-hydrogen) atoms. The molecular weight excluding hydrogens is 358 g/mol. The van der Waals surface area contributed by atoms with Crippen molar-refractivity contribution in [1.82, 2.24) is 15.0 Å². The Hall–Kier alpha value is -1.04. The summed E-state index contributed by atoms with van der Waals surface area (Å²) in [6, 6.07) is 0. The van der Waals surface area contributed by atoms with Gasteiger partial charge in [0, 0.05) is 22.2 Å². The van der Waals surface area contributed by atoms with Gasteiger partial charge in [-0.15, -0.1) is 16.9 Å². The third-order valence-electron chi connectivity index (χ3n) is 4.56. The molecule has 0 spiro atoms. The summed E-state index contributed by atoms with van der Waals surface area (Å²) < 4.78 is 1.95. The van der Waals surface area contributed by atoms with Crippen molar-refractivity contribution in [2.75, 3.05) is 0 Å². The van der Waals surface area contributed by atoms with E-state index in [0.29, 0.717) is 0 Å². The van der Waals surface area contributed by atoms with Crippen LogP contribution < -0.4 is 0 Å². The highest BCUT2D eigenvalue weighted by Gasteiger charge is 2.38. The maximum Gasteiger partial charge on any atom is 0.303 e. The van der Waals surface area contributed by atoms with Gasteiger partial charge in [-0.05, 0) is 37.0 Å². The zero-order valence-corrected chi connectivity index (χ0v) is 19.5. The van der Waals surface area contributed by atoms with Crippen LogP contribution in [0.3, 0.4) is 0 Å². The highest BCUT2D eigenvalue weighted by molar-refractivity contribution is 8.01. The van der Waals surface area contributed by atoms with Crippen molar-refractivity contribution in [2.24, 2.45) is 10.8 Å². The van der Waals surface area contributed by atoms with Crippen LogP contribution in [0.5, 0.6) is 0 Å². The third kappa shape index (κ3) is 9.13. The first-order valence-corrected chi connectivity index (χ1v) is 10.7. The van der Waals surface area contributed by atoms with Gasteiger partial charge >= 0.3 is 5.97 Å². The number of aryl methyl sites for hydroxylation is 1. The van der Waals surface area contributed by atoms with Crippen molar-refractivity contribution >= 4 is 17.7 Å². The van der Waals surface area contributed by atoms with Gasteiger partial charge < -0.3 is 5.11 Å². The van der Waals surface area contributed by atoms with Gasteiger partial charge in [0.25, 0.3) is 0 Å². The molecular formula is C21H39N3O2S. The summed E-state index contributed by atoms with van der Waals surface area (Å²) >= 11 is 1.97. The van der Waals surface area contributed by atoms with Crippen LogP contribution in [-0.4, -0.2) is 35.6 Å². The number of hydrogen-bond donors (Lipinski definition) is 1. The smallest absolute Gasteiger partial charge is 0.303 e. The fourth-order valence-electron chi connectivity index (χ4n) is 4.72. The second-order valence-electron chi connectivity index (χ2n) is 10.6. The normalized spacial score (nSPS) is 13.8. The lowest BCUT2D eigenvalue weighted by Gasteiger charge is -2.42. The molecule has 5 nitrogen and oxygen atoms in total. The quantitative estimate of drug-likeness (QED) is 0.538. The molecule has 6 heteroatoms. The lowest BCUT2D eigenvalue weighted by Crippen LogP contribution is -2.35. The molecule has 1 aromatic rings. The summed E-state index contributed by atoms with van der Waals surface area (Å²) in [7, 11) is 0. The number of aromatic nitrogens is 3. The molecule has 0 atom stereocenters. The predicted molar refractivity (Wildman–Crippen MR) is 114 cm³/mol. The number of rotatable bonds is 11. The van der Waals surface area contributed by atoms with E-state index >= 15 is 0 Å². The summed E-state index contributed by atoms with van der Waals surface area (Å²) in [5.41, 5.74) is 0.939. The summed E-state index contributed by atoms with van der Waals surface area (Å²) in [6.45, 7) is 20.7. The van der Waals surface area contributed by atoms with Crippen LogP contribution in [0, 0.1) is 10.8 Å². The molecule has 0 amide bonds. The van der Waals surface area contributed by atoms with Crippen molar-refractivity contribution in [1.29, 1.82) is 0 Å². The Labute approximate surface area is 169 Å². The maximum absolute atomic E-state index is 11.2. The second-order valence-corrected chi connectivity index (χ2v) is 13.0. The molecule has 1 heterocycles. The van der Waals surface area contributed by atoms with Crippen LogP contribution in [-0.2, 0) is 17.8 Å². The minimum atomic E-state index is -0.721. The average molecular weight is 398 g/mol. The molecule has 156 valence electrons. The first kappa shape index (κ1) is 24.0. The maximum atomic E-state index is 11.2. The number of nitrogens with zero attached hydrogens (tertiary/aromatic N) is 3. The fourth-order valence-corrected chi connectivity index (χ4v) is 7.15. The summed E-state index contributed by atoms with van der Waals surface area (Å²) in [5.74, 6) is -0.721. The number of aliphatic carboxylic acids is 1. The van der Waals surface area contributed by atoms with Crippen LogP contribution in [0.2, 0.25) is 0 Å². The SMILES string of the molecule is CCn1cc(CC(C)(C)CC(C)(C)SC(C)(C)CC(C)(C)CC(=O)O)nn1. The molecule has 0 saturated heterocycles. The van der Waals surface area contributed by atoms with Crippen LogP contribution in [0.25, 0.3) is 0 Å². The molecule has 0 saturated carbocycles. The van der Waals surface area contributed by atoms with E-state index in [-0.39, 0.29) is 26.7 Å². The van der Waals surface area contributed by atoms with Gasteiger partial charge in [-0.2, -0.15) is 0 Å². The largest absolute Gasteiger partial charge is 0.481 e. The molecule has 0 fully saturated rings. The lowest BCUT2D eigenvalue weighted by molar-refractivity contribution is -0.139. The van der Waals surface area contributed by atoms with Crippen molar-refractivity contribution in [2.45, 2.75) is 104 Å². The number of carboxylic acids is 1. The minimum Gasteiger partial charge on any atom is -0.481 e. The van der Waals surface area contributed by atoms with Crippen molar-refractivity contribution in [3.8, 4) is 0 Å². The molecule has 1 rings (SSSR count). The highest BCUT2D eigenvalue weighted by Crippen LogP contribution is 2.48. The standard InChI is InChI=1S/C21H39N3O2S/c1-10-24-13-16(22-23-24)11-18(2,3)14-20(6,7)27-21(8,9)15-19(4,5)12-17(25)26/h13H,10-12,14-15H2,1-9H3,(H,25,26). The van der Waals surface area contributed by atoms with Crippen molar-refractivity contribution in [3.63, 3.8) is 0 Å². The Morgan fingerprint density at radius 3 is 2.00 bits per heavy atom. The van der Waals surface area contributed by atoms with Gasteiger partial charge in [0.05, 0.1) is 12.1 Å². The van der Waals surface area contributed by atoms with Gasteiger partial charge in [-0.3, -0.25) is 9.48 Å². The van der Waals surface area contributed by atoms with Gasteiger partial charge in [-0.25, -0.2) is 0 Å². The molecule has 0 aliphatic heterocycles. The van der Waals surface area contributed by atoms with Gasteiger partial charge in [0.2, 0.25) is 0 Å². The van der Waals surface area contributed by atoms with Crippen LogP contribution >= 0.6 is 11.8 Å². The highest BCUT2D eigenvalue weighted by atomic mass is 32.2. The average Bonchev–Trinajstić information content (AvgIpc) is 2.78. The first-order chi connectivity index (χ1) is 12.0. The van der Waals surface area contributed by atoms with Crippen LogP contribution in [0.1, 0.15) is 87.3 Å². The van der Waals surface area contributed by atoms with E-state index in [4.69, 9.17) is 0 Å². The molecule has 0 aliphatic carbocycles. The Morgan fingerprint density at radius 2 is 1.56 bits per heavy atom. The predicted octanol–water partition coefficient (Wildman–Crippen LogP) is 5.44.